The van der Waals surface area contributed by atoms with Crippen LogP contribution in [0.1, 0.15) is 37.0 Å². The predicted molar refractivity (Wildman–Crippen MR) is 87.4 cm³/mol. The molecule has 0 aliphatic carbocycles. The molecule has 1 aliphatic rings. The van der Waals surface area contributed by atoms with Crippen LogP contribution in [0.4, 0.5) is 0 Å². The summed E-state index contributed by atoms with van der Waals surface area (Å²) in [7, 11) is 0. The molecule has 0 aromatic heterocycles. The van der Waals surface area contributed by atoms with Crippen LogP contribution in [0.15, 0.2) is 24.3 Å². The second-order valence-electron chi connectivity index (χ2n) is 5.70. The fourth-order valence-corrected chi connectivity index (χ4v) is 2.47. The normalized spacial score (nSPS) is 16.7. The molecule has 2 rings (SSSR count). The Bertz CT molecular complexity index is 442. The van der Waals surface area contributed by atoms with Gasteiger partial charge in [-0.05, 0) is 62.5 Å². The maximum Gasteiger partial charge on any atom is 0.251 e. The van der Waals surface area contributed by atoms with Crippen LogP contribution in [0.2, 0.25) is 0 Å². The van der Waals surface area contributed by atoms with Crippen molar-refractivity contribution < 1.29 is 9.53 Å². The highest BCUT2D eigenvalue weighted by atomic mass is 35.5. The molecule has 5 heteroatoms. The Morgan fingerprint density at radius 1 is 1.29 bits per heavy atom. The Labute approximate surface area is 133 Å². The number of carbonyl (C=O) groups excluding carboxylic acids is 1. The quantitative estimate of drug-likeness (QED) is 0.879. The average molecular weight is 313 g/mol. The number of ether oxygens (including phenoxy) is 1. The summed E-state index contributed by atoms with van der Waals surface area (Å²) in [6, 6.07) is 7.30. The first-order chi connectivity index (χ1) is 9.63. The largest absolute Gasteiger partial charge is 0.494 e. The number of hydrogen-bond donors (Lipinski definition) is 2. The van der Waals surface area contributed by atoms with Gasteiger partial charge in [0.25, 0.3) is 5.91 Å². The van der Waals surface area contributed by atoms with Crippen LogP contribution in [0.3, 0.4) is 0 Å². The predicted octanol–water partition coefficient (Wildman–Crippen LogP) is 2.63. The maximum absolute atomic E-state index is 12.1. The van der Waals surface area contributed by atoms with Crippen LogP contribution in [0.5, 0.6) is 5.75 Å². The summed E-state index contributed by atoms with van der Waals surface area (Å²) in [6.07, 6.45) is 2.22. The van der Waals surface area contributed by atoms with Crippen molar-refractivity contribution in [2.75, 3.05) is 26.2 Å². The fraction of sp³-hybridized carbons (Fsp3) is 0.562. The molecule has 118 valence electrons. The molecule has 0 unspecified atom stereocenters. The van der Waals surface area contributed by atoms with Gasteiger partial charge in [-0.3, -0.25) is 4.79 Å². The first-order valence-corrected chi connectivity index (χ1v) is 7.35. The summed E-state index contributed by atoms with van der Waals surface area (Å²) in [4.78, 5) is 12.1. The first-order valence-electron chi connectivity index (χ1n) is 7.35. The molecule has 1 aromatic carbocycles. The minimum atomic E-state index is -0.00666. The lowest BCUT2D eigenvalue weighted by atomic mass is 9.81. The van der Waals surface area contributed by atoms with Crippen molar-refractivity contribution in [2.45, 2.75) is 26.7 Å². The number of rotatable bonds is 5. The third-order valence-corrected chi connectivity index (χ3v) is 3.91. The van der Waals surface area contributed by atoms with E-state index in [2.05, 4.69) is 17.6 Å². The molecule has 0 atom stereocenters. The molecular formula is C16H25ClN2O2. The summed E-state index contributed by atoms with van der Waals surface area (Å²) in [5.41, 5.74) is 0.901. The van der Waals surface area contributed by atoms with E-state index in [-0.39, 0.29) is 23.7 Å². The van der Waals surface area contributed by atoms with E-state index in [1.165, 1.54) is 0 Å². The SMILES string of the molecule is CCOc1ccc(C(=O)NCC2(C)CCNCC2)cc1.Cl. The van der Waals surface area contributed by atoms with Crippen molar-refractivity contribution in [1.82, 2.24) is 10.6 Å². The van der Waals surface area contributed by atoms with Crippen molar-refractivity contribution in [3.05, 3.63) is 29.8 Å². The third kappa shape index (κ3) is 5.21. The number of halogens is 1. The minimum Gasteiger partial charge on any atom is -0.494 e. The summed E-state index contributed by atoms with van der Waals surface area (Å²) in [6.45, 7) is 7.64. The molecule has 1 fully saturated rings. The van der Waals surface area contributed by atoms with Gasteiger partial charge in [-0.2, -0.15) is 0 Å². The van der Waals surface area contributed by atoms with Crippen LogP contribution in [0, 0.1) is 5.41 Å². The van der Waals surface area contributed by atoms with Gasteiger partial charge in [0, 0.05) is 12.1 Å². The summed E-state index contributed by atoms with van der Waals surface area (Å²) >= 11 is 0. The Hall–Kier alpha value is -1.26. The standard InChI is InChI=1S/C16H24N2O2.ClH/c1-3-20-14-6-4-13(5-7-14)15(19)18-12-16(2)8-10-17-11-9-16;/h4-7,17H,3,8-12H2,1-2H3,(H,18,19);1H. The van der Waals surface area contributed by atoms with Gasteiger partial charge < -0.3 is 15.4 Å². The van der Waals surface area contributed by atoms with E-state index in [1.807, 2.05) is 31.2 Å². The first kappa shape index (κ1) is 17.8. The van der Waals surface area contributed by atoms with Gasteiger partial charge in [0.1, 0.15) is 5.75 Å². The molecule has 1 aliphatic heterocycles. The van der Waals surface area contributed by atoms with Gasteiger partial charge in [-0.25, -0.2) is 0 Å². The van der Waals surface area contributed by atoms with Gasteiger partial charge in [0.05, 0.1) is 6.61 Å². The molecule has 1 aromatic rings. The topological polar surface area (TPSA) is 50.4 Å². The van der Waals surface area contributed by atoms with Gasteiger partial charge in [-0.15, -0.1) is 12.4 Å². The van der Waals surface area contributed by atoms with E-state index in [9.17, 15) is 4.79 Å². The van der Waals surface area contributed by atoms with E-state index in [4.69, 9.17) is 4.74 Å². The number of amides is 1. The van der Waals surface area contributed by atoms with E-state index in [0.29, 0.717) is 12.2 Å². The van der Waals surface area contributed by atoms with Crippen molar-refractivity contribution in [3.63, 3.8) is 0 Å². The van der Waals surface area contributed by atoms with Gasteiger partial charge >= 0.3 is 0 Å². The summed E-state index contributed by atoms with van der Waals surface area (Å²) < 4.78 is 5.37. The van der Waals surface area contributed by atoms with Crippen molar-refractivity contribution in [3.8, 4) is 5.75 Å². The molecule has 0 radical (unpaired) electrons. The van der Waals surface area contributed by atoms with Crippen molar-refractivity contribution in [2.24, 2.45) is 5.41 Å². The average Bonchev–Trinajstić information content (AvgIpc) is 2.47. The van der Waals surface area contributed by atoms with E-state index in [0.717, 1.165) is 38.2 Å². The molecule has 0 bridgehead atoms. The Morgan fingerprint density at radius 2 is 1.90 bits per heavy atom. The molecule has 0 spiro atoms. The fourth-order valence-electron chi connectivity index (χ4n) is 2.47. The third-order valence-electron chi connectivity index (χ3n) is 3.91. The van der Waals surface area contributed by atoms with Crippen LogP contribution >= 0.6 is 12.4 Å². The summed E-state index contributed by atoms with van der Waals surface area (Å²) in [5.74, 6) is 0.794. The lowest BCUT2D eigenvalue weighted by molar-refractivity contribution is 0.0922. The number of piperidine rings is 1. The lowest BCUT2D eigenvalue weighted by Crippen LogP contribution is -2.42. The molecule has 2 N–H and O–H groups in total. The molecule has 1 amide bonds. The molecule has 1 heterocycles. The van der Waals surface area contributed by atoms with Crippen LogP contribution < -0.4 is 15.4 Å². The van der Waals surface area contributed by atoms with Crippen molar-refractivity contribution in [1.29, 1.82) is 0 Å². The van der Waals surface area contributed by atoms with Crippen LogP contribution in [-0.2, 0) is 0 Å². The van der Waals surface area contributed by atoms with E-state index < -0.39 is 0 Å². The number of benzene rings is 1. The molecule has 21 heavy (non-hydrogen) atoms. The number of hydrogen-bond acceptors (Lipinski definition) is 3. The minimum absolute atomic E-state index is 0. The van der Waals surface area contributed by atoms with Gasteiger partial charge in [-0.1, -0.05) is 6.92 Å². The highest BCUT2D eigenvalue weighted by Gasteiger charge is 2.27. The zero-order valence-electron chi connectivity index (χ0n) is 12.8. The molecular weight excluding hydrogens is 288 g/mol. The monoisotopic (exact) mass is 312 g/mol. The Morgan fingerprint density at radius 3 is 2.48 bits per heavy atom. The summed E-state index contributed by atoms with van der Waals surface area (Å²) in [5, 5.41) is 6.40. The van der Waals surface area contributed by atoms with E-state index in [1.54, 1.807) is 0 Å². The van der Waals surface area contributed by atoms with Gasteiger partial charge in [0.15, 0.2) is 0 Å². The molecule has 0 saturated carbocycles. The van der Waals surface area contributed by atoms with E-state index >= 15 is 0 Å². The maximum atomic E-state index is 12.1. The lowest BCUT2D eigenvalue weighted by Gasteiger charge is -2.34. The second kappa shape index (κ2) is 8.25. The zero-order valence-corrected chi connectivity index (χ0v) is 13.6. The Kier molecular flexibility index (Phi) is 6.99. The van der Waals surface area contributed by atoms with Crippen LogP contribution in [-0.4, -0.2) is 32.1 Å². The molecule has 4 nitrogen and oxygen atoms in total. The number of nitrogens with one attached hydrogen (secondary N) is 2. The Balaban J connectivity index is 0.00000220. The smallest absolute Gasteiger partial charge is 0.251 e. The molecule has 1 saturated heterocycles. The van der Waals surface area contributed by atoms with Gasteiger partial charge in [0.2, 0.25) is 0 Å². The van der Waals surface area contributed by atoms with Crippen molar-refractivity contribution >= 4 is 18.3 Å². The number of carbonyl (C=O) groups is 1. The highest BCUT2D eigenvalue weighted by Crippen LogP contribution is 2.26. The second-order valence-corrected chi connectivity index (χ2v) is 5.70. The zero-order chi connectivity index (χ0) is 14.4. The van der Waals surface area contributed by atoms with Crippen LogP contribution in [0.25, 0.3) is 0 Å². The highest BCUT2D eigenvalue weighted by molar-refractivity contribution is 5.94.